The molecule has 0 spiro atoms. The fourth-order valence-electron chi connectivity index (χ4n) is 1.14. The van der Waals surface area contributed by atoms with Crippen molar-refractivity contribution in [1.29, 1.82) is 5.26 Å². The number of amides is 1. The van der Waals surface area contributed by atoms with Crippen LogP contribution < -0.4 is 0 Å². The summed E-state index contributed by atoms with van der Waals surface area (Å²) in [4.78, 5) is 13.1. The molecule has 0 unspecified atom stereocenters. The van der Waals surface area contributed by atoms with E-state index in [1.807, 2.05) is 6.07 Å². The van der Waals surface area contributed by atoms with Gasteiger partial charge in [0.25, 0.3) is 0 Å². The highest BCUT2D eigenvalue weighted by molar-refractivity contribution is 5.78. The molecule has 1 amide bonds. The average Bonchev–Trinajstić information content (AvgIpc) is 2.23. The van der Waals surface area contributed by atoms with Crippen molar-refractivity contribution < 1.29 is 14.3 Å². The van der Waals surface area contributed by atoms with Crippen molar-refractivity contribution in [3.05, 3.63) is 0 Å². The van der Waals surface area contributed by atoms with E-state index >= 15 is 0 Å². The largest absolute Gasteiger partial charge is 0.385 e. The smallest absolute Gasteiger partial charge is 0.236 e. The van der Waals surface area contributed by atoms with Gasteiger partial charge in [-0.2, -0.15) is 5.26 Å². The molecule has 0 saturated carbocycles. The fraction of sp³-hybridized carbons (Fsp3) is 0.800. The lowest BCUT2D eigenvalue weighted by Crippen LogP contribution is -2.34. The van der Waals surface area contributed by atoms with Crippen LogP contribution in [0.3, 0.4) is 0 Å². The quantitative estimate of drug-likeness (QED) is 0.549. The van der Waals surface area contributed by atoms with Crippen LogP contribution in [0, 0.1) is 11.3 Å². The van der Waals surface area contributed by atoms with Crippen molar-refractivity contribution in [1.82, 2.24) is 4.90 Å². The molecule has 0 fully saturated rings. The van der Waals surface area contributed by atoms with Crippen LogP contribution >= 0.6 is 0 Å². The Balaban J connectivity index is 3.94. The van der Waals surface area contributed by atoms with Gasteiger partial charge in [-0.05, 0) is 6.42 Å². The van der Waals surface area contributed by atoms with Gasteiger partial charge in [-0.25, -0.2) is 0 Å². The van der Waals surface area contributed by atoms with Crippen molar-refractivity contribution in [2.24, 2.45) is 0 Å². The second-order valence-electron chi connectivity index (χ2n) is 3.05. The molecular formula is C10H18N2O3. The number of nitriles is 1. The molecule has 0 rings (SSSR count). The normalized spacial score (nSPS) is 9.67. The predicted molar refractivity (Wildman–Crippen MR) is 55.2 cm³/mol. The van der Waals surface area contributed by atoms with Gasteiger partial charge in [0.1, 0.15) is 6.42 Å². The number of rotatable bonds is 8. The average molecular weight is 214 g/mol. The van der Waals surface area contributed by atoms with Crippen LogP contribution in [0.25, 0.3) is 0 Å². The van der Waals surface area contributed by atoms with Gasteiger partial charge < -0.3 is 14.4 Å². The third kappa shape index (κ3) is 6.89. The molecule has 86 valence electrons. The lowest BCUT2D eigenvalue weighted by molar-refractivity contribution is -0.130. The number of hydrogen-bond donors (Lipinski definition) is 0. The molecule has 0 aliphatic heterocycles. The number of methoxy groups -OCH3 is 2. The minimum atomic E-state index is -0.148. The van der Waals surface area contributed by atoms with Gasteiger partial charge in [-0.15, -0.1) is 0 Å². The molecule has 0 saturated heterocycles. The Kier molecular flexibility index (Phi) is 8.73. The van der Waals surface area contributed by atoms with Crippen LogP contribution in [0.1, 0.15) is 12.8 Å². The highest BCUT2D eigenvalue weighted by Crippen LogP contribution is 1.96. The molecule has 0 atom stereocenters. The van der Waals surface area contributed by atoms with E-state index in [4.69, 9.17) is 14.7 Å². The number of ether oxygens (including phenoxy) is 2. The first kappa shape index (κ1) is 13.9. The summed E-state index contributed by atoms with van der Waals surface area (Å²) in [6.07, 6.45) is 0.702. The summed E-state index contributed by atoms with van der Waals surface area (Å²) < 4.78 is 9.80. The second-order valence-corrected chi connectivity index (χ2v) is 3.05. The van der Waals surface area contributed by atoms with Crippen molar-refractivity contribution in [2.45, 2.75) is 12.8 Å². The lowest BCUT2D eigenvalue weighted by Gasteiger charge is -2.20. The molecule has 5 heteroatoms. The Labute approximate surface area is 90.6 Å². The molecule has 0 aliphatic carbocycles. The number of nitrogens with zero attached hydrogens (tertiary/aromatic N) is 2. The Morgan fingerprint density at radius 1 is 1.27 bits per heavy atom. The van der Waals surface area contributed by atoms with E-state index in [-0.39, 0.29) is 12.3 Å². The SMILES string of the molecule is COCCCN(CCOC)C(=O)CC#N. The monoisotopic (exact) mass is 214 g/mol. The van der Waals surface area contributed by atoms with Crippen molar-refractivity contribution in [3.8, 4) is 6.07 Å². The maximum absolute atomic E-state index is 11.5. The third-order valence-corrected chi connectivity index (χ3v) is 1.92. The Bertz CT molecular complexity index is 213. The van der Waals surface area contributed by atoms with Gasteiger partial charge in [-0.1, -0.05) is 0 Å². The standard InChI is InChI=1S/C10H18N2O3/c1-14-8-3-6-12(7-9-15-2)10(13)4-5-11/h3-4,6-9H2,1-2H3. The summed E-state index contributed by atoms with van der Waals surface area (Å²) in [5.41, 5.74) is 0. The summed E-state index contributed by atoms with van der Waals surface area (Å²) in [6.45, 7) is 2.24. The zero-order valence-corrected chi connectivity index (χ0v) is 9.36. The lowest BCUT2D eigenvalue weighted by atomic mass is 10.3. The number of hydrogen-bond acceptors (Lipinski definition) is 4. The maximum Gasteiger partial charge on any atom is 0.236 e. The molecule has 0 heterocycles. The molecule has 0 bridgehead atoms. The van der Waals surface area contributed by atoms with Gasteiger partial charge in [0.2, 0.25) is 5.91 Å². The first-order chi connectivity index (χ1) is 7.26. The minimum absolute atomic E-state index is 0.0727. The van der Waals surface area contributed by atoms with Crippen LogP contribution in [-0.4, -0.2) is 51.3 Å². The van der Waals surface area contributed by atoms with E-state index in [1.54, 1.807) is 19.1 Å². The molecule has 0 aromatic heterocycles. The topological polar surface area (TPSA) is 62.6 Å². The van der Waals surface area contributed by atoms with Gasteiger partial charge in [-0.3, -0.25) is 4.79 Å². The van der Waals surface area contributed by atoms with Crippen LogP contribution in [0.2, 0.25) is 0 Å². The van der Waals surface area contributed by atoms with Crippen LogP contribution in [-0.2, 0) is 14.3 Å². The second kappa shape index (κ2) is 9.44. The van der Waals surface area contributed by atoms with Crippen molar-refractivity contribution in [2.75, 3.05) is 40.5 Å². The number of carbonyl (C=O) groups is 1. The Hall–Kier alpha value is -1.12. The fourth-order valence-corrected chi connectivity index (χ4v) is 1.14. The van der Waals surface area contributed by atoms with Crippen LogP contribution in [0.4, 0.5) is 0 Å². The molecule has 5 nitrogen and oxygen atoms in total. The predicted octanol–water partition coefficient (Wildman–Crippen LogP) is 0.412. The first-order valence-corrected chi connectivity index (χ1v) is 4.88. The summed E-state index contributed by atoms with van der Waals surface area (Å²) >= 11 is 0. The molecular weight excluding hydrogens is 196 g/mol. The van der Waals surface area contributed by atoms with E-state index in [0.29, 0.717) is 26.3 Å². The Morgan fingerprint density at radius 2 is 1.93 bits per heavy atom. The Morgan fingerprint density at radius 3 is 2.47 bits per heavy atom. The van der Waals surface area contributed by atoms with Gasteiger partial charge in [0.05, 0.1) is 12.7 Å². The van der Waals surface area contributed by atoms with Gasteiger partial charge in [0.15, 0.2) is 0 Å². The molecule has 0 aliphatic rings. The van der Waals surface area contributed by atoms with Crippen molar-refractivity contribution in [3.63, 3.8) is 0 Å². The summed E-state index contributed by atoms with van der Waals surface area (Å²) in [5.74, 6) is -0.148. The molecule has 0 aromatic carbocycles. The van der Waals surface area contributed by atoms with Crippen molar-refractivity contribution >= 4 is 5.91 Å². The molecule has 15 heavy (non-hydrogen) atoms. The van der Waals surface area contributed by atoms with E-state index < -0.39 is 0 Å². The first-order valence-electron chi connectivity index (χ1n) is 4.88. The minimum Gasteiger partial charge on any atom is -0.385 e. The zero-order chi connectivity index (χ0) is 11.5. The summed E-state index contributed by atoms with van der Waals surface area (Å²) in [7, 11) is 3.21. The zero-order valence-electron chi connectivity index (χ0n) is 9.36. The summed E-state index contributed by atoms with van der Waals surface area (Å²) in [5, 5.41) is 8.43. The third-order valence-electron chi connectivity index (χ3n) is 1.92. The molecule has 0 radical (unpaired) electrons. The van der Waals surface area contributed by atoms with Crippen LogP contribution in [0.5, 0.6) is 0 Å². The summed E-state index contributed by atoms with van der Waals surface area (Å²) in [6, 6.07) is 1.85. The highest BCUT2D eigenvalue weighted by atomic mass is 16.5. The van der Waals surface area contributed by atoms with E-state index in [0.717, 1.165) is 6.42 Å². The number of carbonyl (C=O) groups excluding carboxylic acids is 1. The van der Waals surface area contributed by atoms with Gasteiger partial charge >= 0.3 is 0 Å². The van der Waals surface area contributed by atoms with E-state index in [2.05, 4.69) is 0 Å². The van der Waals surface area contributed by atoms with Crippen LogP contribution in [0.15, 0.2) is 0 Å². The maximum atomic E-state index is 11.5. The molecule has 0 N–H and O–H groups in total. The highest BCUT2D eigenvalue weighted by Gasteiger charge is 2.11. The van der Waals surface area contributed by atoms with E-state index in [9.17, 15) is 4.79 Å². The van der Waals surface area contributed by atoms with E-state index in [1.165, 1.54) is 0 Å². The molecule has 0 aromatic rings. The van der Waals surface area contributed by atoms with Gasteiger partial charge in [0, 0.05) is 33.9 Å².